The second kappa shape index (κ2) is 9.91. The molecule has 1 saturated heterocycles. The minimum atomic E-state index is -0.745. The maximum atomic E-state index is 14.1. The Morgan fingerprint density at radius 1 is 1.00 bits per heavy atom. The largest absolute Gasteiger partial charge is 0.356 e. The molecule has 1 aromatic heterocycles. The van der Waals surface area contributed by atoms with Crippen molar-refractivity contribution >= 4 is 28.6 Å². The van der Waals surface area contributed by atoms with Gasteiger partial charge in [0.1, 0.15) is 12.1 Å². The van der Waals surface area contributed by atoms with E-state index in [1.807, 2.05) is 30.3 Å². The van der Waals surface area contributed by atoms with E-state index < -0.39 is 18.1 Å². The van der Waals surface area contributed by atoms with Crippen molar-refractivity contribution in [3.8, 4) is 0 Å². The van der Waals surface area contributed by atoms with Crippen LogP contribution in [0.25, 0.3) is 10.9 Å². The lowest BCUT2D eigenvalue weighted by Crippen LogP contribution is -2.56. The first-order chi connectivity index (χ1) is 18.5. The van der Waals surface area contributed by atoms with Gasteiger partial charge in [-0.1, -0.05) is 42.5 Å². The number of fused-ring (bicyclic) bond motifs is 6. The van der Waals surface area contributed by atoms with Crippen LogP contribution in [-0.4, -0.2) is 52.8 Å². The summed E-state index contributed by atoms with van der Waals surface area (Å²) in [4.78, 5) is 46.0. The third-order valence-electron chi connectivity index (χ3n) is 8.66. The number of carbonyl (C=O) groups excluding carboxylic acids is 3. The Bertz CT molecular complexity index is 1400. The van der Waals surface area contributed by atoms with Gasteiger partial charge in [0.15, 0.2) is 0 Å². The summed E-state index contributed by atoms with van der Waals surface area (Å²) in [6, 6.07) is 14.3. The summed E-state index contributed by atoms with van der Waals surface area (Å²) in [7, 11) is 1.72. The van der Waals surface area contributed by atoms with Gasteiger partial charge in [0.2, 0.25) is 17.7 Å². The van der Waals surface area contributed by atoms with E-state index in [0.29, 0.717) is 19.3 Å². The van der Waals surface area contributed by atoms with Gasteiger partial charge in [0.05, 0.1) is 18.1 Å². The Hall–Kier alpha value is -3.65. The van der Waals surface area contributed by atoms with Crippen LogP contribution in [0.1, 0.15) is 67.1 Å². The molecule has 0 radical (unpaired) electrons. The van der Waals surface area contributed by atoms with Crippen molar-refractivity contribution in [3.05, 3.63) is 70.9 Å². The maximum Gasteiger partial charge on any atom is 0.246 e. The molecular weight excluding hydrogens is 478 g/mol. The van der Waals surface area contributed by atoms with Crippen LogP contribution in [0.15, 0.2) is 48.5 Å². The first kappa shape index (κ1) is 24.7. The van der Waals surface area contributed by atoms with Crippen molar-refractivity contribution in [1.29, 1.82) is 0 Å². The maximum absolute atomic E-state index is 14.1. The molecule has 2 aromatic carbocycles. The third-order valence-corrected chi connectivity index (χ3v) is 8.66. The van der Waals surface area contributed by atoms with Crippen LogP contribution in [0.4, 0.5) is 0 Å². The fourth-order valence-corrected chi connectivity index (χ4v) is 6.57. The fraction of sp³-hybridized carbons (Fsp3) is 0.433. The van der Waals surface area contributed by atoms with E-state index in [2.05, 4.69) is 39.1 Å². The Labute approximate surface area is 222 Å². The number of para-hydroxylation sites is 1. The highest BCUT2D eigenvalue weighted by Crippen LogP contribution is 2.43. The number of amides is 3. The van der Waals surface area contributed by atoms with Crippen LogP contribution < -0.4 is 16.0 Å². The van der Waals surface area contributed by atoms with Gasteiger partial charge in [-0.25, -0.2) is 0 Å². The summed E-state index contributed by atoms with van der Waals surface area (Å²) in [6.07, 6.45) is 4.59. The van der Waals surface area contributed by atoms with Crippen LogP contribution in [0.2, 0.25) is 0 Å². The summed E-state index contributed by atoms with van der Waals surface area (Å²) >= 11 is 0. The van der Waals surface area contributed by atoms with Crippen molar-refractivity contribution in [2.24, 2.45) is 0 Å². The molecule has 1 aliphatic carbocycles. The summed E-state index contributed by atoms with van der Waals surface area (Å²) in [5.74, 6) is -0.539. The summed E-state index contributed by atoms with van der Waals surface area (Å²) < 4.78 is 0. The molecule has 3 amide bonds. The number of hydrogen-bond acceptors (Lipinski definition) is 4. The van der Waals surface area contributed by atoms with Crippen molar-refractivity contribution in [1.82, 2.24) is 25.8 Å². The number of hydrogen-bond donors (Lipinski definition) is 4. The molecule has 0 bridgehead atoms. The van der Waals surface area contributed by atoms with E-state index in [0.717, 1.165) is 41.4 Å². The molecule has 3 aromatic rings. The zero-order valence-electron chi connectivity index (χ0n) is 21.9. The molecule has 0 unspecified atom stereocenters. The van der Waals surface area contributed by atoms with Crippen molar-refractivity contribution in [3.63, 3.8) is 0 Å². The highest BCUT2D eigenvalue weighted by molar-refractivity contribution is 5.96. The van der Waals surface area contributed by atoms with E-state index in [4.69, 9.17) is 0 Å². The zero-order valence-corrected chi connectivity index (χ0v) is 21.9. The number of rotatable bonds is 5. The normalized spacial score (nSPS) is 25.2. The number of carbonyl (C=O) groups is 3. The van der Waals surface area contributed by atoms with E-state index in [-0.39, 0.29) is 29.8 Å². The molecule has 198 valence electrons. The van der Waals surface area contributed by atoms with Gasteiger partial charge < -0.3 is 25.8 Å². The number of benzene rings is 2. The molecule has 8 heteroatoms. The monoisotopic (exact) mass is 513 g/mol. The van der Waals surface area contributed by atoms with E-state index in [1.54, 1.807) is 18.9 Å². The lowest BCUT2D eigenvalue weighted by atomic mass is 9.87. The van der Waals surface area contributed by atoms with Crippen LogP contribution in [0.3, 0.4) is 0 Å². The lowest BCUT2D eigenvalue weighted by Gasteiger charge is -2.33. The van der Waals surface area contributed by atoms with Crippen molar-refractivity contribution in [2.75, 3.05) is 7.05 Å². The number of aromatic nitrogens is 1. The highest BCUT2D eigenvalue weighted by Gasteiger charge is 2.48. The first-order valence-corrected chi connectivity index (χ1v) is 13.7. The molecule has 1 fully saturated rings. The van der Waals surface area contributed by atoms with E-state index in [1.165, 1.54) is 11.1 Å². The highest BCUT2D eigenvalue weighted by atomic mass is 16.2. The number of nitrogens with zero attached hydrogens (tertiary/aromatic N) is 1. The molecule has 0 saturated carbocycles. The molecule has 0 spiro atoms. The molecule has 2 aliphatic heterocycles. The quantitative estimate of drug-likeness (QED) is 0.421. The Morgan fingerprint density at radius 3 is 2.63 bits per heavy atom. The van der Waals surface area contributed by atoms with Gasteiger partial charge in [-0.3, -0.25) is 14.4 Å². The molecule has 4 N–H and O–H groups in total. The Kier molecular flexibility index (Phi) is 6.43. The molecule has 3 heterocycles. The van der Waals surface area contributed by atoms with Crippen molar-refractivity contribution in [2.45, 2.75) is 75.7 Å². The van der Waals surface area contributed by atoms with Crippen LogP contribution >= 0.6 is 0 Å². The standard InChI is InChI=1S/C30H35N5O3/c1-17(31-2)28(36)34-24-16-21-20-11-5-6-12-23(20)32-27(21)25-14-15-26(35(25)30(24)38)29(37)33-22-13-7-9-18-8-3-4-10-19(18)22/h3-6,8,10-12,17,22,24-26,31-32H,7,9,13-16H2,1-2H3,(H,33,37)(H,34,36)/t17-,22+,24-,25+,26-/m0/s1. The van der Waals surface area contributed by atoms with Crippen LogP contribution in [-0.2, 0) is 27.2 Å². The van der Waals surface area contributed by atoms with Crippen LogP contribution in [0.5, 0.6) is 0 Å². The number of H-pyrrole nitrogens is 1. The summed E-state index contributed by atoms with van der Waals surface area (Å²) in [5, 5.41) is 10.3. The molecule has 38 heavy (non-hydrogen) atoms. The number of aromatic amines is 1. The first-order valence-electron chi connectivity index (χ1n) is 13.7. The van der Waals surface area contributed by atoms with Gasteiger partial charge >= 0.3 is 0 Å². The van der Waals surface area contributed by atoms with Gasteiger partial charge in [-0.05, 0) is 68.8 Å². The average molecular weight is 514 g/mol. The number of likely N-dealkylation sites (N-methyl/N-ethyl adjacent to an activating group) is 1. The average Bonchev–Trinajstić information content (AvgIpc) is 3.51. The zero-order chi connectivity index (χ0) is 26.4. The second-order valence-corrected chi connectivity index (χ2v) is 10.8. The summed E-state index contributed by atoms with van der Waals surface area (Å²) in [6.45, 7) is 1.77. The van der Waals surface area contributed by atoms with Gasteiger partial charge in [-0.2, -0.15) is 0 Å². The smallest absolute Gasteiger partial charge is 0.246 e. The van der Waals surface area contributed by atoms with E-state index >= 15 is 0 Å². The number of aryl methyl sites for hydroxylation is 1. The lowest BCUT2D eigenvalue weighted by molar-refractivity contribution is -0.143. The third kappa shape index (κ3) is 4.17. The minimum Gasteiger partial charge on any atom is -0.356 e. The number of nitrogens with one attached hydrogen (secondary N) is 4. The predicted molar refractivity (Wildman–Crippen MR) is 145 cm³/mol. The SMILES string of the molecule is CN[C@@H](C)C(=O)N[C@H]1Cc2c([nH]c3ccccc23)[C@H]2CC[C@@H](C(=O)N[C@@H]3CCCc4ccccc43)N2C1=O. The second-order valence-electron chi connectivity index (χ2n) is 10.8. The molecule has 5 atom stereocenters. The van der Waals surface area contributed by atoms with Gasteiger partial charge in [0.25, 0.3) is 0 Å². The predicted octanol–water partition coefficient (Wildman–Crippen LogP) is 3.04. The minimum absolute atomic E-state index is 0.0517. The molecule has 3 aliphatic rings. The Balaban J connectivity index is 1.34. The molecular formula is C30H35N5O3. The molecule has 6 rings (SSSR count). The van der Waals surface area contributed by atoms with Crippen LogP contribution in [0, 0.1) is 0 Å². The van der Waals surface area contributed by atoms with Crippen molar-refractivity contribution < 1.29 is 14.4 Å². The van der Waals surface area contributed by atoms with Gasteiger partial charge in [-0.15, -0.1) is 0 Å². The summed E-state index contributed by atoms with van der Waals surface area (Å²) in [5.41, 5.74) is 5.49. The molecule has 8 nitrogen and oxygen atoms in total. The topological polar surface area (TPSA) is 106 Å². The van der Waals surface area contributed by atoms with E-state index in [9.17, 15) is 14.4 Å². The van der Waals surface area contributed by atoms with Gasteiger partial charge in [0, 0.05) is 23.0 Å². The fourth-order valence-electron chi connectivity index (χ4n) is 6.57. The Morgan fingerprint density at radius 2 is 1.79 bits per heavy atom.